The molecule has 0 fully saturated rings. The lowest BCUT2D eigenvalue weighted by Crippen LogP contribution is -2.39. The molecule has 0 amide bonds. The summed E-state index contributed by atoms with van der Waals surface area (Å²) in [7, 11) is 0. The fourth-order valence-corrected chi connectivity index (χ4v) is 1.25. The van der Waals surface area contributed by atoms with Gasteiger partial charge in [-0.15, -0.1) is 0 Å². The molecule has 0 saturated carbocycles. The summed E-state index contributed by atoms with van der Waals surface area (Å²) in [5.41, 5.74) is 2.71. The molecule has 0 aromatic rings. The van der Waals surface area contributed by atoms with Gasteiger partial charge in [-0.3, -0.25) is 5.32 Å². The van der Waals surface area contributed by atoms with Gasteiger partial charge in [-0.1, -0.05) is 0 Å². The third-order valence-corrected chi connectivity index (χ3v) is 1.81. The van der Waals surface area contributed by atoms with Gasteiger partial charge in [0.15, 0.2) is 0 Å². The Morgan fingerprint density at radius 1 is 1.30 bits per heavy atom. The van der Waals surface area contributed by atoms with Crippen LogP contribution < -0.4 is 16.0 Å². The highest BCUT2D eigenvalue weighted by Crippen LogP contribution is 2.07. The van der Waals surface area contributed by atoms with E-state index in [0.717, 1.165) is 19.8 Å². The van der Waals surface area contributed by atoms with E-state index in [1.54, 1.807) is 0 Å². The molecule has 2 rings (SSSR count). The molecule has 0 radical (unpaired) electrons. The van der Waals surface area contributed by atoms with Crippen molar-refractivity contribution in [1.29, 1.82) is 0 Å². The Bertz CT molecular complexity index is 193. The summed E-state index contributed by atoms with van der Waals surface area (Å²) >= 11 is 0. The number of dihydropyridines is 1. The Morgan fingerprint density at radius 3 is 3.20 bits per heavy atom. The van der Waals surface area contributed by atoms with E-state index >= 15 is 0 Å². The first kappa shape index (κ1) is 5.80. The Labute approximate surface area is 60.2 Å². The van der Waals surface area contributed by atoms with Crippen LogP contribution in [0.1, 0.15) is 0 Å². The van der Waals surface area contributed by atoms with Crippen LogP contribution in [0.2, 0.25) is 0 Å². The number of rotatable bonds is 0. The molecule has 0 saturated heterocycles. The van der Waals surface area contributed by atoms with E-state index in [-0.39, 0.29) is 0 Å². The Kier molecular flexibility index (Phi) is 1.36. The van der Waals surface area contributed by atoms with Crippen LogP contribution in [-0.4, -0.2) is 19.8 Å². The highest BCUT2D eigenvalue weighted by atomic mass is 15.1. The van der Waals surface area contributed by atoms with Gasteiger partial charge in [0.1, 0.15) is 0 Å². The zero-order valence-electron chi connectivity index (χ0n) is 5.78. The second kappa shape index (κ2) is 2.34. The van der Waals surface area contributed by atoms with Crippen molar-refractivity contribution in [3.8, 4) is 0 Å². The summed E-state index contributed by atoms with van der Waals surface area (Å²) in [4.78, 5) is 0. The molecule has 2 aliphatic heterocycles. The maximum Gasteiger partial charge on any atom is 0.0655 e. The van der Waals surface area contributed by atoms with Crippen molar-refractivity contribution in [2.75, 3.05) is 19.8 Å². The van der Waals surface area contributed by atoms with Gasteiger partial charge in [0.25, 0.3) is 0 Å². The molecule has 0 aromatic heterocycles. The topological polar surface area (TPSA) is 36.1 Å². The third-order valence-electron chi connectivity index (χ3n) is 1.81. The van der Waals surface area contributed by atoms with Crippen LogP contribution in [0.5, 0.6) is 0 Å². The normalized spacial score (nSPS) is 23.2. The largest absolute Gasteiger partial charge is 0.387 e. The molecule has 2 aliphatic rings. The average molecular weight is 137 g/mol. The third kappa shape index (κ3) is 0.885. The van der Waals surface area contributed by atoms with Crippen molar-refractivity contribution < 1.29 is 0 Å². The van der Waals surface area contributed by atoms with Crippen LogP contribution in [0, 0.1) is 0 Å². The summed E-state index contributed by atoms with van der Waals surface area (Å²) in [6, 6.07) is 0. The van der Waals surface area contributed by atoms with Crippen LogP contribution in [0.4, 0.5) is 0 Å². The van der Waals surface area contributed by atoms with Crippen molar-refractivity contribution in [1.82, 2.24) is 16.0 Å². The molecule has 0 atom stereocenters. The number of hydrogen-bond acceptors (Lipinski definition) is 3. The maximum atomic E-state index is 3.26. The molecule has 3 nitrogen and oxygen atoms in total. The van der Waals surface area contributed by atoms with E-state index in [1.165, 1.54) is 11.3 Å². The monoisotopic (exact) mass is 137 g/mol. The molecule has 54 valence electrons. The van der Waals surface area contributed by atoms with Gasteiger partial charge in [-0.25, -0.2) is 0 Å². The van der Waals surface area contributed by atoms with E-state index < -0.39 is 0 Å². The van der Waals surface area contributed by atoms with Gasteiger partial charge >= 0.3 is 0 Å². The van der Waals surface area contributed by atoms with Crippen LogP contribution >= 0.6 is 0 Å². The Hall–Kier alpha value is -0.960. The zero-order chi connectivity index (χ0) is 6.81. The molecular formula is C7H11N3. The van der Waals surface area contributed by atoms with E-state index in [2.05, 4.69) is 22.0 Å². The minimum absolute atomic E-state index is 0.892. The standard InChI is InChI=1S/C7H11N3/c1-2-8-3-6-4-9-5-10-7(1)6/h1-2,8-10H,3-5H2. The molecule has 2 heterocycles. The number of nitrogens with one attached hydrogen (secondary N) is 3. The lowest BCUT2D eigenvalue weighted by molar-refractivity contribution is 0.605. The first-order valence-electron chi connectivity index (χ1n) is 3.53. The minimum Gasteiger partial charge on any atom is -0.387 e. The van der Waals surface area contributed by atoms with E-state index in [4.69, 9.17) is 0 Å². The van der Waals surface area contributed by atoms with Crippen LogP contribution in [-0.2, 0) is 0 Å². The molecule has 0 aromatic carbocycles. The first-order valence-corrected chi connectivity index (χ1v) is 3.53. The smallest absolute Gasteiger partial charge is 0.0655 e. The summed E-state index contributed by atoms with van der Waals surface area (Å²) in [6.45, 7) is 2.88. The van der Waals surface area contributed by atoms with Crippen LogP contribution in [0.3, 0.4) is 0 Å². The van der Waals surface area contributed by atoms with E-state index in [0.29, 0.717) is 0 Å². The Morgan fingerprint density at radius 2 is 2.30 bits per heavy atom. The second-order valence-corrected chi connectivity index (χ2v) is 2.51. The summed E-state index contributed by atoms with van der Waals surface area (Å²) < 4.78 is 0. The van der Waals surface area contributed by atoms with Crippen molar-refractivity contribution in [3.05, 3.63) is 23.5 Å². The highest BCUT2D eigenvalue weighted by molar-refractivity contribution is 5.30. The predicted molar refractivity (Wildman–Crippen MR) is 40.2 cm³/mol. The van der Waals surface area contributed by atoms with Crippen molar-refractivity contribution in [2.45, 2.75) is 0 Å². The van der Waals surface area contributed by atoms with Gasteiger partial charge in [-0.2, -0.15) is 0 Å². The van der Waals surface area contributed by atoms with Crippen molar-refractivity contribution >= 4 is 0 Å². The molecule has 10 heavy (non-hydrogen) atoms. The van der Waals surface area contributed by atoms with Gasteiger partial charge in [0, 0.05) is 18.8 Å². The number of allylic oxidation sites excluding steroid dienone is 1. The van der Waals surface area contributed by atoms with Gasteiger partial charge in [0.05, 0.1) is 6.67 Å². The predicted octanol–water partition coefficient (Wildman–Crippen LogP) is -0.492. The van der Waals surface area contributed by atoms with E-state index in [1.807, 2.05) is 6.20 Å². The molecule has 0 bridgehead atoms. The minimum atomic E-state index is 0.892. The first-order chi connectivity index (χ1) is 4.97. The number of hydrogen-bond donors (Lipinski definition) is 3. The second-order valence-electron chi connectivity index (χ2n) is 2.51. The van der Waals surface area contributed by atoms with Crippen LogP contribution in [0.15, 0.2) is 23.5 Å². The molecule has 0 spiro atoms. The molecular weight excluding hydrogens is 126 g/mol. The molecule has 3 N–H and O–H groups in total. The van der Waals surface area contributed by atoms with Crippen molar-refractivity contribution in [2.24, 2.45) is 0 Å². The lowest BCUT2D eigenvalue weighted by Gasteiger charge is -2.23. The zero-order valence-corrected chi connectivity index (χ0v) is 5.78. The lowest BCUT2D eigenvalue weighted by atomic mass is 10.1. The highest BCUT2D eigenvalue weighted by Gasteiger charge is 2.10. The quantitative estimate of drug-likeness (QED) is 0.421. The summed E-state index contributed by atoms with van der Waals surface area (Å²) in [5.74, 6) is 0. The van der Waals surface area contributed by atoms with Gasteiger partial charge in [0.2, 0.25) is 0 Å². The van der Waals surface area contributed by atoms with Crippen molar-refractivity contribution in [3.63, 3.8) is 0 Å². The average Bonchev–Trinajstić information content (AvgIpc) is 2.05. The van der Waals surface area contributed by atoms with Gasteiger partial charge < -0.3 is 10.6 Å². The molecule has 0 unspecified atom stereocenters. The SMILES string of the molecule is C1=CC2=C(CN1)CNCN2. The Balaban J connectivity index is 2.23. The summed E-state index contributed by atoms with van der Waals surface area (Å²) in [6.07, 6.45) is 4.07. The fourth-order valence-electron chi connectivity index (χ4n) is 1.25. The van der Waals surface area contributed by atoms with Gasteiger partial charge in [-0.05, 0) is 17.8 Å². The van der Waals surface area contributed by atoms with E-state index in [9.17, 15) is 0 Å². The van der Waals surface area contributed by atoms with Crippen LogP contribution in [0.25, 0.3) is 0 Å². The molecule has 0 aliphatic carbocycles. The maximum absolute atomic E-state index is 3.26. The summed E-state index contributed by atoms with van der Waals surface area (Å²) in [5, 5.41) is 9.67. The fraction of sp³-hybridized carbons (Fsp3) is 0.429. The molecule has 3 heteroatoms.